The Morgan fingerprint density at radius 1 is 1.46 bits per heavy atom. The lowest BCUT2D eigenvalue weighted by molar-refractivity contribution is -0.128. The molecule has 26 heavy (non-hydrogen) atoms. The Bertz CT molecular complexity index is 953. The van der Waals surface area contributed by atoms with Crippen molar-refractivity contribution >= 4 is 50.8 Å². The number of hydrogen-bond donors (Lipinski definition) is 2. The summed E-state index contributed by atoms with van der Waals surface area (Å²) in [7, 11) is 0. The number of H-pyrrole nitrogens is 1. The van der Waals surface area contributed by atoms with Crippen molar-refractivity contribution in [1.29, 1.82) is 0 Å². The molecule has 2 aromatic heterocycles. The van der Waals surface area contributed by atoms with Gasteiger partial charge in [0.1, 0.15) is 0 Å². The van der Waals surface area contributed by atoms with Crippen molar-refractivity contribution in [3.8, 4) is 0 Å². The minimum absolute atomic E-state index is 0.0159. The van der Waals surface area contributed by atoms with Crippen LogP contribution in [0.2, 0.25) is 5.02 Å². The summed E-state index contributed by atoms with van der Waals surface area (Å²) in [5.74, 6) is -0.458. The molecule has 0 radical (unpaired) electrons. The topological polar surface area (TPSA) is 78.1 Å². The molecule has 1 atom stereocenters. The Hall–Kier alpha value is -2.38. The number of benzene rings is 1. The van der Waals surface area contributed by atoms with E-state index < -0.39 is 0 Å². The second kappa shape index (κ2) is 7.09. The molecule has 8 heteroatoms. The molecule has 0 unspecified atom stereocenters. The van der Waals surface area contributed by atoms with Crippen molar-refractivity contribution in [2.45, 2.75) is 12.8 Å². The highest BCUT2D eigenvalue weighted by atomic mass is 35.5. The number of nitrogens with one attached hydrogen (secondary N) is 2. The number of carbonyl (C=O) groups excluding carboxylic acids is 2. The Morgan fingerprint density at radius 3 is 3.15 bits per heavy atom. The lowest BCUT2D eigenvalue weighted by atomic mass is 10.1. The lowest BCUT2D eigenvalue weighted by Gasteiger charge is -2.16. The van der Waals surface area contributed by atoms with Crippen LogP contribution in [0.5, 0.6) is 0 Å². The molecule has 3 heterocycles. The second-order valence-corrected chi connectivity index (χ2v) is 7.65. The first-order chi connectivity index (χ1) is 12.6. The number of fused-ring (bicyclic) bond motifs is 1. The second-order valence-electron chi connectivity index (χ2n) is 6.32. The van der Waals surface area contributed by atoms with Crippen molar-refractivity contribution in [3.63, 3.8) is 0 Å². The van der Waals surface area contributed by atoms with Crippen LogP contribution < -0.4 is 5.32 Å². The minimum atomic E-state index is -0.330. The molecule has 1 aromatic carbocycles. The summed E-state index contributed by atoms with van der Waals surface area (Å²) in [5, 5.41) is 6.90. The number of aromatic amines is 1. The van der Waals surface area contributed by atoms with Crippen molar-refractivity contribution in [3.05, 3.63) is 46.6 Å². The van der Waals surface area contributed by atoms with Gasteiger partial charge in [0.15, 0.2) is 5.13 Å². The highest BCUT2D eigenvalue weighted by Crippen LogP contribution is 2.25. The molecule has 0 spiro atoms. The average molecular weight is 389 g/mol. The van der Waals surface area contributed by atoms with Crippen LogP contribution in [0.1, 0.15) is 12.0 Å². The average Bonchev–Trinajstić information content (AvgIpc) is 3.33. The zero-order valence-corrected chi connectivity index (χ0v) is 15.4. The molecule has 0 bridgehead atoms. The maximum Gasteiger partial charge on any atom is 0.231 e. The van der Waals surface area contributed by atoms with Crippen LogP contribution in [0.25, 0.3) is 10.9 Å². The van der Waals surface area contributed by atoms with Gasteiger partial charge in [-0.2, -0.15) is 0 Å². The third-order valence-corrected chi connectivity index (χ3v) is 5.55. The maximum atomic E-state index is 12.3. The largest absolute Gasteiger partial charge is 0.361 e. The van der Waals surface area contributed by atoms with Crippen LogP contribution >= 0.6 is 22.9 Å². The third kappa shape index (κ3) is 3.45. The van der Waals surface area contributed by atoms with Crippen LogP contribution in [0, 0.1) is 5.92 Å². The van der Waals surface area contributed by atoms with E-state index >= 15 is 0 Å². The normalized spacial score (nSPS) is 17.2. The van der Waals surface area contributed by atoms with Gasteiger partial charge in [-0.25, -0.2) is 4.98 Å². The molecule has 2 N–H and O–H groups in total. The van der Waals surface area contributed by atoms with Crippen LogP contribution in [0.3, 0.4) is 0 Å². The van der Waals surface area contributed by atoms with Crippen molar-refractivity contribution < 1.29 is 9.59 Å². The van der Waals surface area contributed by atoms with Crippen LogP contribution in [0.4, 0.5) is 5.13 Å². The quantitative estimate of drug-likeness (QED) is 0.703. The molecule has 1 saturated heterocycles. The van der Waals surface area contributed by atoms with Crippen molar-refractivity contribution in [2.24, 2.45) is 5.92 Å². The van der Waals surface area contributed by atoms with Gasteiger partial charge in [-0.05, 0) is 30.2 Å². The number of thiazole rings is 1. The molecule has 2 amide bonds. The lowest BCUT2D eigenvalue weighted by Crippen LogP contribution is -2.29. The van der Waals surface area contributed by atoms with E-state index in [1.807, 2.05) is 24.4 Å². The molecule has 3 aromatic rings. The van der Waals surface area contributed by atoms with Gasteiger partial charge in [0, 0.05) is 53.2 Å². The molecule has 6 nitrogen and oxygen atoms in total. The van der Waals surface area contributed by atoms with Crippen molar-refractivity contribution in [2.75, 3.05) is 18.4 Å². The zero-order chi connectivity index (χ0) is 18.1. The number of likely N-dealkylation sites (tertiary alicyclic amines) is 1. The van der Waals surface area contributed by atoms with Gasteiger partial charge in [-0.15, -0.1) is 11.3 Å². The SMILES string of the molecule is O=C(Nc1nccs1)[C@@H]1CC(=O)N(CCc2c[nH]c3ccc(Cl)cc23)C1. The summed E-state index contributed by atoms with van der Waals surface area (Å²) in [5.41, 5.74) is 2.14. The first-order valence-corrected chi connectivity index (χ1v) is 9.59. The third-order valence-electron chi connectivity index (χ3n) is 4.63. The predicted molar refractivity (Wildman–Crippen MR) is 102 cm³/mol. The van der Waals surface area contributed by atoms with Gasteiger partial charge >= 0.3 is 0 Å². The zero-order valence-electron chi connectivity index (χ0n) is 13.9. The molecular formula is C18H17ClN4O2S. The number of nitrogens with zero attached hydrogens (tertiary/aromatic N) is 2. The number of amides is 2. The van der Waals surface area contributed by atoms with Crippen LogP contribution in [-0.2, 0) is 16.0 Å². The molecule has 134 valence electrons. The summed E-state index contributed by atoms with van der Waals surface area (Å²) in [4.78, 5) is 33.6. The molecule has 1 fully saturated rings. The van der Waals surface area contributed by atoms with E-state index in [4.69, 9.17) is 11.6 Å². The fraction of sp³-hybridized carbons (Fsp3) is 0.278. The smallest absolute Gasteiger partial charge is 0.231 e. The number of hydrogen-bond acceptors (Lipinski definition) is 4. The van der Waals surface area contributed by atoms with E-state index in [9.17, 15) is 9.59 Å². The van der Waals surface area contributed by atoms with E-state index in [0.29, 0.717) is 29.7 Å². The van der Waals surface area contributed by atoms with E-state index in [1.54, 1.807) is 16.5 Å². The van der Waals surface area contributed by atoms with Gasteiger partial charge in [0.25, 0.3) is 0 Å². The molecule has 1 aliphatic rings. The summed E-state index contributed by atoms with van der Waals surface area (Å²) >= 11 is 7.45. The Morgan fingerprint density at radius 2 is 2.35 bits per heavy atom. The number of halogens is 1. The van der Waals surface area contributed by atoms with E-state index in [2.05, 4.69) is 15.3 Å². The molecule has 1 aliphatic heterocycles. The Labute approximate surface area is 159 Å². The summed E-state index contributed by atoms with van der Waals surface area (Å²) in [6.07, 6.45) is 4.55. The molecular weight excluding hydrogens is 372 g/mol. The van der Waals surface area contributed by atoms with E-state index in [1.165, 1.54) is 11.3 Å². The standard InChI is InChI=1S/C18H17ClN4O2S/c19-13-1-2-15-14(8-13)11(9-21-15)3-5-23-10-12(7-16(23)24)17(25)22-18-20-4-6-26-18/h1-2,4,6,8-9,12,21H,3,5,7,10H2,(H,20,22,25)/t12-/m1/s1. The van der Waals surface area contributed by atoms with Crippen molar-refractivity contribution in [1.82, 2.24) is 14.9 Å². The highest BCUT2D eigenvalue weighted by molar-refractivity contribution is 7.13. The fourth-order valence-electron chi connectivity index (χ4n) is 3.27. The van der Waals surface area contributed by atoms with E-state index in [-0.39, 0.29) is 24.2 Å². The Balaban J connectivity index is 1.38. The Kier molecular flexibility index (Phi) is 4.65. The van der Waals surface area contributed by atoms with Gasteiger partial charge in [0.05, 0.1) is 5.92 Å². The van der Waals surface area contributed by atoms with Gasteiger partial charge in [0.2, 0.25) is 11.8 Å². The number of carbonyl (C=O) groups is 2. The number of rotatable bonds is 5. The van der Waals surface area contributed by atoms with Crippen LogP contribution in [0.15, 0.2) is 36.0 Å². The van der Waals surface area contributed by atoms with Gasteiger partial charge in [-0.1, -0.05) is 11.6 Å². The molecule has 4 rings (SSSR count). The first kappa shape index (κ1) is 17.1. The maximum absolute atomic E-state index is 12.3. The highest BCUT2D eigenvalue weighted by Gasteiger charge is 2.34. The summed E-state index contributed by atoms with van der Waals surface area (Å²) in [6, 6.07) is 5.72. The fourth-order valence-corrected chi connectivity index (χ4v) is 3.97. The number of aromatic nitrogens is 2. The minimum Gasteiger partial charge on any atom is -0.361 e. The predicted octanol–water partition coefficient (Wildman–Crippen LogP) is 3.31. The molecule has 0 saturated carbocycles. The monoisotopic (exact) mass is 388 g/mol. The molecule has 0 aliphatic carbocycles. The van der Waals surface area contributed by atoms with Gasteiger partial charge in [-0.3, -0.25) is 9.59 Å². The van der Waals surface area contributed by atoms with Gasteiger partial charge < -0.3 is 15.2 Å². The van der Waals surface area contributed by atoms with Crippen LogP contribution in [-0.4, -0.2) is 39.8 Å². The summed E-state index contributed by atoms with van der Waals surface area (Å²) < 4.78 is 0. The number of anilines is 1. The first-order valence-electron chi connectivity index (χ1n) is 8.34. The summed E-state index contributed by atoms with van der Waals surface area (Å²) in [6.45, 7) is 1.03. The van der Waals surface area contributed by atoms with E-state index in [0.717, 1.165) is 16.5 Å².